The van der Waals surface area contributed by atoms with E-state index in [2.05, 4.69) is 5.16 Å². The van der Waals surface area contributed by atoms with Crippen molar-refractivity contribution in [3.8, 4) is 11.8 Å². The largest absolute Gasteiger partial charge is 0.479 e. The predicted molar refractivity (Wildman–Crippen MR) is 56.5 cm³/mol. The molecule has 0 aromatic heterocycles. The molecule has 15 heavy (non-hydrogen) atoms. The second-order valence-corrected chi connectivity index (χ2v) is 2.77. The van der Waals surface area contributed by atoms with E-state index >= 15 is 0 Å². The van der Waals surface area contributed by atoms with E-state index in [1.165, 1.54) is 0 Å². The minimum absolute atomic E-state index is 0.474. The van der Waals surface area contributed by atoms with Crippen LogP contribution in [0, 0.1) is 11.3 Å². The fraction of sp³-hybridized carbons (Fsp3) is 0.273. The third-order valence-corrected chi connectivity index (χ3v) is 1.62. The van der Waals surface area contributed by atoms with E-state index in [1.54, 1.807) is 31.2 Å². The van der Waals surface area contributed by atoms with Gasteiger partial charge in [0.05, 0.1) is 18.2 Å². The second-order valence-electron chi connectivity index (χ2n) is 2.77. The summed E-state index contributed by atoms with van der Waals surface area (Å²) in [7, 11) is 0. The number of ether oxygens (including phenoxy) is 1. The van der Waals surface area contributed by atoms with Gasteiger partial charge in [0, 0.05) is 6.92 Å². The van der Waals surface area contributed by atoms with E-state index in [-0.39, 0.29) is 0 Å². The Morgan fingerprint density at radius 1 is 1.40 bits per heavy atom. The minimum Gasteiger partial charge on any atom is -0.479 e. The van der Waals surface area contributed by atoms with E-state index in [0.717, 1.165) is 0 Å². The van der Waals surface area contributed by atoms with Gasteiger partial charge in [-0.2, -0.15) is 5.26 Å². The number of oxime groups is 1. The molecule has 78 valence electrons. The summed E-state index contributed by atoms with van der Waals surface area (Å²) in [6.45, 7) is 4.15. The van der Waals surface area contributed by atoms with Crippen LogP contribution in [0.5, 0.6) is 5.75 Å². The first kappa shape index (κ1) is 11.1. The van der Waals surface area contributed by atoms with Crippen molar-refractivity contribution in [3.63, 3.8) is 0 Å². The second kappa shape index (κ2) is 5.66. The third-order valence-electron chi connectivity index (χ3n) is 1.62. The monoisotopic (exact) mass is 204 g/mol. The summed E-state index contributed by atoms with van der Waals surface area (Å²) >= 11 is 0. The number of hydrogen-bond donors (Lipinski definition) is 0. The van der Waals surface area contributed by atoms with Crippen LogP contribution in [0.3, 0.4) is 0 Å². The van der Waals surface area contributed by atoms with Gasteiger partial charge in [-0.3, -0.25) is 0 Å². The highest BCUT2D eigenvalue weighted by atomic mass is 16.6. The summed E-state index contributed by atoms with van der Waals surface area (Å²) in [6.07, 6.45) is 0. The molecular formula is C11H12N2O2. The highest BCUT2D eigenvalue weighted by molar-refractivity contribution is 5.72. The van der Waals surface area contributed by atoms with E-state index in [0.29, 0.717) is 23.8 Å². The Morgan fingerprint density at radius 3 is 2.60 bits per heavy atom. The molecule has 0 unspecified atom stereocenters. The summed E-state index contributed by atoms with van der Waals surface area (Å²) in [5.74, 6) is 1.05. The summed E-state index contributed by atoms with van der Waals surface area (Å²) in [5, 5.41) is 12.3. The minimum atomic E-state index is 0.474. The highest BCUT2D eigenvalue weighted by Gasteiger charge is 1.95. The Labute approximate surface area is 88.7 Å². The van der Waals surface area contributed by atoms with Crippen LogP contribution in [0.25, 0.3) is 0 Å². The Kier molecular flexibility index (Phi) is 4.17. The van der Waals surface area contributed by atoms with Gasteiger partial charge in [-0.25, -0.2) is 0 Å². The molecule has 0 fully saturated rings. The molecule has 0 atom stereocenters. The molecule has 0 bridgehead atoms. The van der Waals surface area contributed by atoms with E-state index in [1.807, 2.05) is 13.0 Å². The van der Waals surface area contributed by atoms with E-state index < -0.39 is 0 Å². The number of rotatable bonds is 3. The summed E-state index contributed by atoms with van der Waals surface area (Å²) in [4.78, 5) is 5.07. The van der Waals surface area contributed by atoms with Crippen molar-refractivity contribution in [2.45, 2.75) is 13.8 Å². The van der Waals surface area contributed by atoms with Crippen molar-refractivity contribution in [3.05, 3.63) is 29.8 Å². The molecule has 0 amide bonds. The molecule has 0 N–H and O–H groups in total. The fourth-order valence-corrected chi connectivity index (χ4v) is 0.943. The van der Waals surface area contributed by atoms with Crippen LogP contribution in [0.2, 0.25) is 0 Å². The highest BCUT2D eigenvalue weighted by Crippen LogP contribution is 2.11. The Hall–Kier alpha value is -2.02. The summed E-state index contributed by atoms with van der Waals surface area (Å²) < 4.78 is 5.08. The van der Waals surface area contributed by atoms with Crippen LogP contribution in [-0.4, -0.2) is 12.5 Å². The quantitative estimate of drug-likeness (QED) is 0.431. The smallest absolute Gasteiger partial charge is 0.223 e. The van der Waals surface area contributed by atoms with Gasteiger partial charge < -0.3 is 9.57 Å². The molecule has 4 heteroatoms. The lowest BCUT2D eigenvalue weighted by atomic mass is 10.2. The molecule has 0 aliphatic heterocycles. The Morgan fingerprint density at radius 2 is 2.07 bits per heavy atom. The van der Waals surface area contributed by atoms with Gasteiger partial charge in [0.2, 0.25) is 5.90 Å². The summed E-state index contributed by atoms with van der Waals surface area (Å²) in [5.41, 5.74) is 0.591. The molecule has 0 heterocycles. The van der Waals surface area contributed by atoms with Gasteiger partial charge in [0.25, 0.3) is 0 Å². The van der Waals surface area contributed by atoms with E-state index in [9.17, 15) is 0 Å². The van der Waals surface area contributed by atoms with Gasteiger partial charge in [0.15, 0.2) is 5.75 Å². The number of hydrogen-bond acceptors (Lipinski definition) is 4. The zero-order chi connectivity index (χ0) is 11.1. The lowest BCUT2D eigenvalue weighted by Crippen LogP contribution is -2.00. The van der Waals surface area contributed by atoms with Crippen LogP contribution >= 0.6 is 0 Å². The van der Waals surface area contributed by atoms with Crippen LogP contribution in [0.15, 0.2) is 29.4 Å². The van der Waals surface area contributed by atoms with Gasteiger partial charge in [-0.1, -0.05) is 0 Å². The molecule has 0 aliphatic rings. The number of nitriles is 1. The van der Waals surface area contributed by atoms with Crippen LogP contribution in [0.4, 0.5) is 0 Å². The molecule has 0 spiro atoms. The molecule has 1 rings (SSSR count). The number of benzene rings is 1. The van der Waals surface area contributed by atoms with Crippen molar-refractivity contribution >= 4 is 5.90 Å². The topological polar surface area (TPSA) is 54.6 Å². The standard InChI is InChI=1S/C11H12N2O2/c1-3-14-9(2)13-15-11-6-4-10(8-12)5-7-11/h4-7H,3H2,1-2H3. The Bertz CT molecular complexity index is 377. The zero-order valence-electron chi connectivity index (χ0n) is 8.73. The number of nitrogens with zero attached hydrogens (tertiary/aromatic N) is 2. The van der Waals surface area contributed by atoms with Gasteiger partial charge in [0.1, 0.15) is 0 Å². The average Bonchev–Trinajstić information content (AvgIpc) is 2.27. The predicted octanol–water partition coefficient (Wildman–Crippen LogP) is 2.31. The van der Waals surface area contributed by atoms with Gasteiger partial charge >= 0.3 is 0 Å². The third kappa shape index (κ3) is 3.69. The van der Waals surface area contributed by atoms with Crippen molar-refractivity contribution in [1.29, 1.82) is 5.26 Å². The zero-order valence-corrected chi connectivity index (χ0v) is 8.73. The molecular weight excluding hydrogens is 192 g/mol. The van der Waals surface area contributed by atoms with Crippen LogP contribution in [0.1, 0.15) is 19.4 Å². The van der Waals surface area contributed by atoms with Gasteiger partial charge in [-0.05, 0) is 36.3 Å². The molecule has 0 saturated heterocycles. The lowest BCUT2D eigenvalue weighted by Gasteiger charge is -2.01. The van der Waals surface area contributed by atoms with Gasteiger partial charge in [-0.15, -0.1) is 0 Å². The van der Waals surface area contributed by atoms with E-state index in [4.69, 9.17) is 14.8 Å². The molecule has 1 aromatic carbocycles. The van der Waals surface area contributed by atoms with Crippen molar-refractivity contribution in [2.24, 2.45) is 5.16 Å². The van der Waals surface area contributed by atoms with Crippen molar-refractivity contribution in [2.75, 3.05) is 6.61 Å². The maximum Gasteiger partial charge on any atom is 0.223 e. The SMILES string of the molecule is CCOC(C)=NOc1ccc(C#N)cc1. The first-order chi connectivity index (χ1) is 7.26. The maximum absolute atomic E-state index is 8.58. The van der Waals surface area contributed by atoms with Crippen molar-refractivity contribution < 1.29 is 9.57 Å². The molecule has 0 radical (unpaired) electrons. The fourth-order valence-electron chi connectivity index (χ4n) is 0.943. The summed E-state index contributed by atoms with van der Waals surface area (Å²) in [6, 6.07) is 8.72. The first-order valence-corrected chi connectivity index (χ1v) is 4.61. The molecule has 0 aliphatic carbocycles. The van der Waals surface area contributed by atoms with Crippen LogP contribution < -0.4 is 4.84 Å². The molecule has 4 nitrogen and oxygen atoms in total. The van der Waals surface area contributed by atoms with Crippen LogP contribution in [-0.2, 0) is 4.74 Å². The normalized spacial score (nSPS) is 10.6. The maximum atomic E-state index is 8.58. The average molecular weight is 204 g/mol. The first-order valence-electron chi connectivity index (χ1n) is 4.61. The molecule has 1 aromatic rings. The Balaban J connectivity index is 2.58. The lowest BCUT2D eigenvalue weighted by molar-refractivity contribution is 0.276. The molecule has 0 saturated carbocycles. The van der Waals surface area contributed by atoms with Crippen molar-refractivity contribution in [1.82, 2.24) is 0 Å².